The van der Waals surface area contributed by atoms with Gasteiger partial charge >= 0.3 is 127 Å². The number of halogens is 1. The van der Waals surface area contributed by atoms with Crippen molar-refractivity contribution in [3.63, 3.8) is 0 Å². The molecule has 5 nitrogen and oxygen atoms in total. The summed E-state index contributed by atoms with van der Waals surface area (Å²) in [6.07, 6.45) is 0. The first kappa shape index (κ1) is 14.3. The third kappa shape index (κ3) is 2.59. The number of rotatable bonds is 2. The van der Waals surface area contributed by atoms with Gasteiger partial charge in [0, 0.05) is 0 Å². The SMILES string of the molecule is CN1C(=O)/C(=C2/[Se]CC(Cl)N2CC(=O)O)[Se]C1=S. The summed E-state index contributed by atoms with van der Waals surface area (Å²) in [6, 6.07) is 0. The number of hydrogen-bond donors (Lipinski definition) is 1. The fraction of sp³-hybridized carbons (Fsp3) is 0.444. The van der Waals surface area contributed by atoms with E-state index in [0.717, 1.165) is 9.91 Å². The van der Waals surface area contributed by atoms with Gasteiger partial charge in [-0.2, -0.15) is 0 Å². The van der Waals surface area contributed by atoms with Gasteiger partial charge in [-0.1, -0.05) is 0 Å². The van der Waals surface area contributed by atoms with Gasteiger partial charge in [-0.15, -0.1) is 0 Å². The average molecular weight is 419 g/mol. The molecule has 1 unspecified atom stereocenters. The summed E-state index contributed by atoms with van der Waals surface area (Å²) in [5.41, 5.74) is -0.327. The van der Waals surface area contributed by atoms with Crippen LogP contribution in [0.5, 0.6) is 0 Å². The molecule has 2 aliphatic heterocycles. The fourth-order valence-electron chi connectivity index (χ4n) is 1.53. The van der Waals surface area contributed by atoms with E-state index in [-0.39, 0.29) is 47.9 Å². The van der Waals surface area contributed by atoms with Gasteiger partial charge in [0.05, 0.1) is 0 Å². The van der Waals surface area contributed by atoms with Crippen molar-refractivity contribution in [2.45, 2.75) is 10.8 Å². The quantitative estimate of drug-likeness (QED) is 0.219. The van der Waals surface area contributed by atoms with Gasteiger partial charge < -0.3 is 0 Å². The van der Waals surface area contributed by atoms with Gasteiger partial charge in [0.2, 0.25) is 0 Å². The average Bonchev–Trinajstić information content (AvgIpc) is 2.75. The van der Waals surface area contributed by atoms with Crippen LogP contribution >= 0.6 is 23.8 Å². The number of hydrogen-bond acceptors (Lipinski definition) is 4. The van der Waals surface area contributed by atoms with Crippen molar-refractivity contribution in [1.29, 1.82) is 0 Å². The molecule has 0 aromatic carbocycles. The van der Waals surface area contributed by atoms with Gasteiger partial charge in [-0.25, -0.2) is 0 Å². The number of carboxylic acid groups (broad SMARTS) is 1. The molecule has 2 fully saturated rings. The van der Waals surface area contributed by atoms with Crippen molar-refractivity contribution in [3.05, 3.63) is 9.07 Å². The van der Waals surface area contributed by atoms with Gasteiger partial charge in [0.1, 0.15) is 0 Å². The number of alkyl halides is 1. The van der Waals surface area contributed by atoms with Crippen LogP contribution in [0.2, 0.25) is 5.32 Å². The summed E-state index contributed by atoms with van der Waals surface area (Å²) in [7, 11) is 1.65. The third-order valence-electron chi connectivity index (χ3n) is 2.42. The molecule has 18 heavy (non-hydrogen) atoms. The van der Waals surface area contributed by atoms with E-state index in [1.54, 1.807) is 11.9 Å². The maximum atomic E-state index is 12.0. The Morgan fingerprint density at radius 3 is 2.83 bits per heavy atom. The molecule has 1 atom stereocenters. The van der Waals surface area contributed by atoms with Crippen LogP contribution in [0.15, 0.2) is 9.07 Å². The minimum absolute atomic E-state index is 0.0510. The number of carbonyl (C=O) groups is 2. The second kappa shape index (κ2) is 5.49. The molecule has 2 heterocycles. The topological polar surface area (TPSA) is 60.9 Å². The molecule has 0 aliphatic carbocycles. The second-order valence-electron chi connectivity index (χ2n) is 3.63. The molecular weight excluding hydrogens is 410 g/mol. The third-order valence-corrected chi connectivity index (χ3v) is 9.23. The number of likely N-dealkylation sites (N-methyl/N-ethyl adjacent to an activating group) is 1. The Morgan fingerprint density at radius 2 is 2.33 bits per heavy atom. The Hall–Kier alpha value is -0.101. The van der Waals surface area contributed by atoms with Gasteiger partial charge in [-0.05, 0) is 0 Å². The molecule has 1 N–H and O–H groups in total. The molecule has 0 aromatic rings. The van der Waals surface area contributed by atoms with Crippen molar-refractivity contribution >= 4 is 69.5 Å². The van der Waals surface area contributed by atoms with Crippen LogP contribution in [-0.2, 0) is 9.59 Å². The molecule has 0 bridgehead atoms. The second-order valence-corrected chi connectivity index (χ2v) is 9.32. The molecule has 2 aliphatic rings. The molecule has 2 rings (SSSR count). The minimum atomic E-state index is -0.940. The number of thiocarbonyl (C=S) groups is 1. The summed E-state index contributed by atoms with van der Waals surface area (Å²) >= 11 is 11.1. The van der Waals surface area contributed by atoms with Crippen LogP contribution in [0.1, 0.15) is 0 Å². The van der Waals surface area contributed by atoms with Crippen molar-refractivity contribution in [2.24, 2.45) is 0 Å². The summed E-state index contributed by atoms with van der Waals surface area (Å²) in [5.74, 6) is -1.04. The molecule has 9 heteroatoms. The number of carboxylic acids is 1. The summed E-state index contributed by atoms with van der Waals surface area (Å²) in [5, 5.41) is 9.61. The zero-order chi connectivity index (χ0) is 13.4. The Labute approximate surface area is 127 Å². The zero-order valence-corrected chi connectivity index (χ0v) is 14.3. The van der Waals surface area contributed by atoms with Crippen LogP contribution in [0.3, 0.4) is 0 Å². The zero-order valence-electron chi connectivity index (χ0n) is 9.25. The Bertz CT molecular complexity index is 471. The van der Waals surface area contributed by atoms with E-state index in [1.807, 2.05) is 0 Å². The molecule has 0 radical (unpaired) electrons. The molecule has 0 aromatic heterocycles. The van der Waals surface area contributed by atoms with Crippen LogP contribution < -0.4 is 0 Å². The van der Waals surface area contributed by atoms with Crippen LogP contribution in [-0.4, -0.2) is 79.7 Å². The van der Waals surface area contributed by atoms with E-state index < -0.39 is 5.97 Å². The molecule has 2 saturated heterocycles. The van der Waals surface area contributed by atoms with E-state index in [9.17, 15) is 9.59 Å². The number of carbonyl (C=O) groups excluding carboxylic acids is 1. The molecular formula is C9H9ClN2O3SSe2. The molecule has 1 amide bonds. The van der Waals surface area contributed by atoms with Crippen molar-refractivity contribution in [3.8, 4) is 0 Å². The fourth-order valence-corrected chi connectivity index (χ4v) is 7.70. The van der Waals surface area contributed by atoms with Crippen molar-refractivity contribution < 1.29 is 14.7 Å². The van der Waals surface area contributed by atoms with E-state index in [2.05, 4.69) is 0 Å². The first-order chi connectivity index (χ1) is 8.41. The number of nitrogens with zero attached hydrogens (tertiary/aromatic N) is 2. The van der Waals surface area contributed by atoms with Crippen molar-refractivity contribution in [1.82, 2.24) is 9.80 Å². The van der Waals surface area contributed by atoms with Gasteiger partial charge in [-0.3, -0.25) is 0 Å². The van der Waals surface area contributed by atoms with Crippen molar-refractivity contribution in [2.75, 3.05) is 13.6 Å². The normalized spacial score (nSPS) is 28.4. The summed E-state index contributed by atoms with van der Waals surface area (Å²) in [4.78, 5) is 26.0. The summed E-state index contributed by atoms with van der Waals surface area (Å²) in [6.45, 7) is -0.158. The number of amides is 1. The first-order valence-electron chi connectivity index (χ1n) is 4.91. The summed E-state index contributed by atoms with van der Waals surface area (Å²) < 4.78 is 2.14. The predicted molar refractivity (Wildman–Crippen MR) is 72.7 cm³/mol. The van der Waals surface area contributed by atoms with Crippen LogP contribution in [0, 0.1) is 0 Å². The van der Waals surface area contributed by atoms with Gasteiger partial charge in [0.25, 0.3) is 0 Å². The van der Waals surface area contributed by atoms with Gasteiger partial charge in [0.15, 0.2) is 0 Å². The van der Waals surface area contributed by atoms with E-state index >= 15 is 0 Å². The monoisotopic (exact) mass is 420 g/mol. The Balaban J connectivity index is 2.34. The predicted octanol–water partition coefficient (Wildman–Crippen LogP) is -0.296. The maximum absolute atomic E-state index is 12.0. The molecule has 0 saturated carbocycles. The molecule has 98 valence electrons. The van der Waals surface area contributed by atoms with Crippen LogP contribution in [0.25, 0.3) is 0 Å². The Morgan fingerprint density at radius 1 is 1.67 bits per heavy atom. The number of aliphatic carboxylic acids is 1. The Kier molecular flexibility index (Phi) is 4.36. The van der Waals surface area contributed by atoms with Crippen LogP contribution in [0.4, 0.5) is 0 Å². The first-order valence-corrected chi connectivity index (χ1v) is 9.54. The van der Waals surface area contributed by atoms with E-state index in [4.69, 9.17) is 28.9 Å². The standard InChI is InChI=1S/C9H9ClN2O3SSe2/c1-11-7(15)6(18-9(11)16)8-12(2-5(13)14)4(10)3-17-8/h4H,2-3H2,1H3,(H,13,14)/b8-6-. The van der Waals surface area contributed by atoms with E-state index in [0.29, 0.717) is 8.36 Å². The van der Waals surface area contributed by atoms with E-state index in [1.165, 1.54) is 4.90 Å². The molecule has 0 spiro atoms.